The average Bonchev–Trinajstić information content (AvgIpc) is 2.75. The molecule has 5 heteroatoms. The van der Waals surface area contributed by atoms with E-state index in [1.165, 1.54) is 12.1 Å². The highest BCUT2D eigenvalue weighted by atomic mass is 19.1. The van der Waals surface area contributed by atoms with Crippen molar-refractivity contribution in [3.63, 3.8) is 0 Å². The van der Waals surface area contributed by atoms with E-state index in [-0.39, 0.29) is 12.5 Å². The van der Waals surface area contributed by atoms with E-state index in [2.05, 4.69) is 4.98 Å². The van der Waals surface area contributed by atoms with Crippen LogP contribution in [0.4, 0.5) is 8.78 Å². The van der Waals surface area contributed by atoms with Crippen LogP contribution in [-0.4, -0.2) is 14.7 Å². The summed E-state index contributed by atoms with van der Waals surface area (Å²) < 4.78 is 28.0. The van der Waals surface area contributed by atoms with Crippen molar-refractivity contribution in [1.29, 1.82) is 0 Å². The molecule has 2 rings (SSSR count). The second kappa shape index (κ2) is 5.48. The van der Waals surface area contributed by atoms with E-state index >= 15 is 0 Å². The molecule has 1 N–H and O–H groups in total. The highest BCUT2D eigenvalue weighted by Gasteiger charge is 2.16. The molecule has 1 atom stereocenters. The third kappa shape index (κ3) is 3.17. The SMILES string of the molecule is CC(C)n1cncc1C(O)Cc1cc(F)cc(F)c1. The van der Waals surface area contributed by atoms with Gasteiger partial charge in [-0.05, 0) is 31.5 Å². The number of benzene rings is 1. The summed E-state index contributed by atoms with van der Waals surface area (Å²) in [6.45, 7) is 3.94. The topological polar surface area (TPSA) is 38.0 Å². The Morgan fingerprint density at radius 1 is 1.21 bits per heavy atom. The zero-order chi connectivity index (χ0) is 14.0. The number of aliphatic hydroxyl groups excluding tert-OH is 1. The van der Waals surface area contributed by atoms with Crippen LogP contribution in [-0.2, 0) is 6.42 Å². The normalized spacial score (nSPS) is 12.9. The lowest BCUT2D eigenvalue weighted by Crippen LogP contribution is -2.11. The number of imidazole rings is 1. The molecule has 2 aromatic rings. The molecule has 0 radical (unpaired) electrons. The average molecular weight is 266 g/mol. The molecule has 0 aliphatic heterocycles. The van der Waals surface area contributed by atoms with E-state index < -0.39 is 17.7 Å². The van der Waals surface area contributed by atoms with Crippen LogP contribution in [0.1, 0.15) is 37.3 Å². The molecule has 102 valence electrons. The van der Waals surface area contributed by atoms with Gasteiger partial charge in [-0.15, -0.1) is 0 Å². The van der Waals surface area contributed by atoms with Crippen molar-refractivity contribution >= 4 is 0 Å². The Morgan fingerprint density at radius 2 is 1.84 bits per heavy atom. The summed E-state index contributed by atoms with van der Waals surface area (Å²) in [5.74, 6) is -1.28. The molecule has 0 saturated carbocycles. The monoisotopic (exact) mass is 266 g/mol. The highest BCUT2D eigenvalue weighted by molar-refractivity contribution is 5.20. The molecule has 0 spiro atoms. The molecule has 0 bridgehead atoms. The maximum atomic E-state index is 13.1. The molecule has 1 heterocycles. The van der Waals surface area contributed by atoms with Crippen LogP contribution >= 0.6 is 0 Å². The summed E-state index contributed by atoms with van der Waals surface area (Å²) in [6.07, 6.45) is 2.51. The fourth-order valence-electron chi connectivity index (χ4n) is 2.06. The molecular formula is C14H16F2N2O. The number of aromatic nitrogens is 2. The van der Waals surface area contributed by atoms with Crippen LogP contribution in [0.15, 0.2) is 30.7 Å². The zero-order valence-corrected chi connectivity index (χ0v) is 10.8. The first kappa shape index (κ1) is 13.7. The van der Waals surface area contributed by atoms with Crippen LogP contribution in [0, 0.1) is 11.6 Å². The van der Waals surface area contributed by atoms with Gasteiger partial charge in [-0.1, -0.05) is 0 Å². The molecule has 3 nitrogen and oxygen atoms in total. The minimum atomic E-state index is -0.842. The van der Waals surface area contributed by atoms with E-state index in [1.807, 2.05) is 18.4 Å². The van der Waals surface area contributed by atoms with Crippen molar-refractivity contribution in [1.82, 2.24) is 9.55 Å². The van der Waals surface area contributed by atoms with Gasteiger partial charge in [0.15, 0.2) is 0 Å². The second-order valence-corrected chi connectivity index (χ2v) is 4.82. The Bertz CT molecular complexity index is 546. The smallest absolute Gasteiger partial charge is 0.126 e. The maximum Gasteiger partial charge on any atom is 0.126 e. The number of halogens is 2. The number of rotatable bonds is 4. The van der Waals surface area contributed by atoms with E-state index in [0.717, 1.165) is 6.07 Å². The lowest BCUT2D eigenvalue weighted by atomic mass is 10.1. The second-order valence-electron chi connectivity index (χ2n) is 4.82. The Hall–Kier alpha value is -1.75. The van der Waals surface area contributed by atoms with E-state index in [1.54, 1.807) is 12.5 Å². The van der Waals surface area contributed by atoms with Gasteiger partial charge in [0.25, 0.3) is 0 Å². The van der Waals surface area contributed by atoms with Crippen molar-refractivity contribution in [3.8, 4) is 0 Å². The molecule has 19 heavy (non-hydrogen) atoms. The van der Waals surface area contributed by atoms with Crippen LogP contribution in [0.25, 0.3) is 0 Å². The van der Waals surface area contributed by atoms with Gasteiger partial charge in [0.2, 0.25) is 0 Å². The van der Waals surface area contributed by atoms with Crippen LogP contribution < -0.4 is 0 Å². The van der Waals surface area contributed by atoms with E-state index in [0.29, 0.717) is 11.3 Å². The predicted molar refractivity (Wildman–Crippen MR) is 67.6 cm³/mol. The third-order valence-corrected chi connectivity index (χ3v) is 2.95. The van der Waals surface area contributed by atoms with Crippen molar-refractivity contribution in [2.45, 2.75) is 32.4 Å². The largest absolute Gasteiger partial charge is 0.386 e. The van der Waals surface area contributed by atoms with Crippen molar-refractivity contribution in [3.05, 3.63) is 53.6 Å². The summed E-state index contributed by atoms with van der Waals surface area (Å²) in [5.41, 5.74) is 1.06. The molecule has 1 unspecified atom stereocenters. The Morgan fingerprint density at radius 3 is 2.42 bits per heavy atom. The van der Waals surface area contributed by atoms with Crippen LogP contribution in [0.3, 0.4) is 0 Å². The van der Waals surface area contributed by atoms with Gasteiger partial charge in [-0.25, -0.2) is 13.8 Å². The summed E-state index contributed by atoms with van der Waals surface area (Å²) in [6, 6.07) is 3.43. The summed E-state index contributed by atoms with van der Waals surface area (Å²) >= 11 is 0. The van der Waals surface area contributed by atoms with Crippen molar-refractivity contribution in [2.75, 3.05) is 0 Å². The number of hydrogen-bond donors (Lipinski definition) is 1. The van der Waals surface area contributed by atoms with Gasteiger partial charge >= 0.3 is 0 Å². The third-order valence-electron chi connectivity index (χ3n) is 2.95. The first-order valence-corrected chi connectivity index (χ1v) is 6.12. The van der Waals surface area contributed by atoms with Crippen LogP contribution in [0.5, 0.6) is 0 Å². The molecule has 0 saturated heterocycles. The lowest BCUT2D eigenvalue weighted by molar-refractivity contribution is 0.167. The summed E-state index contributed by atoms with van der Waals surface area (Å²) in [5, 5.41) is 10.2. The van der Waals surface area contributed by atoms with Crippen LogP contribution in [0.2, 0.25) is 0 Å². The molecule has 0 amide bonds. The summed E-state index contributed by atoms with van der Waals surface area (Å²) in [4.78, 5) is 4.00. The molecule has 1 aromatic heterocycles. The molecule has 0 fully saturated rings. The van der Waals surface area contributed by atoms with E-state index in [4.69, 9.17) is 0 Å². The minimum absolute atomic E-state index is 0.146. The van der Waals surface area contributed by atoms with Crippen molar-refractivity contribution in [2.24, 2.45) is 0 Å². The zero-order valence-electron chi connectivity index (χ0n) is 10.8. The fraction of sp³-hybridized carbons (Fsp3) is 0.357. The van der Waals surface area contributed by atoms with Gasteiger partial charge in [0.05, 0.1) is 24.3 Å². The molecule has 1 aromatic carbocycles. The Balaban J connectivity index is 2.20. The summed E-state index contributed by atoms with van der Waals surface area (Å²) in [7, 11) is 0. The van der Waals surface area contributed by atoms with Gasteiger partial charge in [-0.3, -0.25) is 0 Å². The first-order chi connectivity index (χ1) is 8.97. The van der Waals surface area contributed by atoms with Gasteiger partial charge in [-0.2, -0.15) is 0 Å². The minimum Gasteiger partial charge on any atom is -0.386 e. The number of nitrogens with zero attached hydrogens (tertiary/aromatic N) is 2. The molecular weight excluding hydrogens is 250 g/mol. The van der Waals surface area contributed by atoms with Gasteiger partial charge in [0.1, 0.15) is 11.6 Å². The highest BCUT2D eigenvalue weighted by Crippen LogP contribution is 2.21. The van der Waals surface area contributed by atoms with Gasteiger partial charge < -0.3 is 9.67 Å². The van der Waals surface area contributed by atoms with Gasteiger partial charge in [0, 0.05) is 18.5 Å². The lowest BCUT2D eigenvalue weighted by Gasteiger charge is -2.16. The first-order valence-electron chi connectivity index (χ1n) is 6.12. The Kier molecular flexibility index (Phi) is 3.95. The quantitative estimate of drug-likeness (QED) is 0.923. The standard InChI is InChI=1S/C14H16F2N2O/c1-9(2)18-8-17-7-13(18)14(19)5-10-3-11(15)6-12(16)4-10/h3-4,6-9,14,19H,5H2,1-2H3. The molecule has 0 aliphatic rings. The van der Waals surface area contributed by atoms with E-state index in [9.17, 15) is 13.9 Å². The maximum absolute atomic E-state index is 13.1. The fourth-order valence-corrected chi connectivity index (χ4v) is 2.06. The predicted octanol–water partition coefficient (Wildman–Crippen LogP) is 3.02. The number of aliphatic hydroxyl groups is 1. The van der Waals surface area contributed by atoms with Crippen molar-refractivity contribution < 1.29 is 13.9 Å². The Labute approximate surface area is 110 Å². The number of hydrogen-bond acceptors (Lipinski definition) is 2. The molecule has 0 aliphatic carbocycles.